The third kappa shape index (κ3) is 6.52. The normalized spacial score (nSPS) is 10.8. The van der Waals surface area contributed by atoms with Gasteiger partial charge < -0.3 is 25.7 Å². The molecule has 0 bridgehead atoms. The molecule has 206 valence electrons. The van der Waals surface area contributed by atoms with E-state index in [1.807, 2.05) is 41.9 Å². The molecule has 4 aromatic rings. The molecule has 0 aliphatic carbocycles. The summed E-state index contributed by atoms with van der Waals surface area (Å²) in [6, 6.07) is 19.9. The summed E-state index contributed by atoms with van der Waals surface area (Å²) in [5.74, 6) is 0.0696. The van der Waals surface area contributed by atoms with Crippen molar-refractivity contribution in [3.8, 4) is 0 Å². The minimum Gasteiger partial charge on any atom is -0.465 e. The zero-order chi connectivity index (χ0) is 28.8. The Balaban J connectivity index is 1.54. The first-order valence-electron chi connectivity index (χ1n) is 12.9. The molecule has 0 fully saturated rings. The Hall–Kier alpha value is -4.99. The number of nitrogens with two attached hydrogens (primary N) is 2. The van der Waals surface area contributed by atoms with Crippen LogP contribution in [0.1, 0.15) is 45.4 Å². The molecule has 0 radical (unpaired) electrons. The topological polar surface area (TPSA) is 164 Å². The minimum atomic E-state index is -0.492. The fraction of sp³-hybridized carbons (Fsp3) is 0.233. The first-order chi connectivity index (χ1) is 19.2. The number of amidine groups is 2. The Kier molecular flexibility index (Phi) is 8.58. The predicted octanol–water partition coefficient (Wildman–Crippen LogP) is 3.13. The smallest absolute Gasteiger partial charge is 0.325 e. The van der Waals surface area contributed by atoms with Gasteiger partial charge in [0.15, 0.2) is 0 Å². The summed E-state index contributed by atoms with van der Waals surface area (Å²) >= 11 is 0. The van der Waals surface area contributed by atoms with Crippen LogP contribution in [0.3, 0.4) is 0 Å². The lowest BCUT2D eigenvalue weighted by Crippen LogP contribution is -2.36. The summed E-state index contributed by atoms with van der Waals surface area (Å²) in [5, 5.41) is 15.1. The van der Waals surface area contributed by atoms with Crippen LogP contribution in [0.4, 0.5) is 0 Å². The lowest BCUT2D eigenvalue weighted by Gasteiger charge is -2.22. The van der Waals surface area contributed by atoms with E-state index >= 15 is 0 Å². The first-order valence-corrected chi connectivity index (χ1v) is 12.9. The second-order valence-electron chi connectivity index (χ2n) is 9.48. The standard InChI is InChI=1S/C30H33N7O3/c1-3-40-27(38)18-37(17-20-6-11-22(12-7-20)29(33)34)30(39)23-13-14-25-24(16-23)35-26(36(25)2)15-8-19-4-9-21(10-5-19)28(31)32/h4-7,9-14,16H,3,8,15,17-18H2,1-2H3,(H3,31,32)(H3,33,34). The summed E-state index contributed by atoms with van der Waals surface area (Å²) in [6.07, 6.45) is 1.45. The minimum absolute atomic E-state index is 0.0407. The number of ether oxygens (including phenoxy) is 1. The molecule has 10 heteroatoms. The average Bonchev–Trinajstić information content (AvgIpc) is 3.26. The van der Waals surface area contributed by atoms with Crippen LogP contribution in [-0.2, 0) is 36.0 Å². The summed E-state index contributed by atoms with van der Waals surface area (Å²) < 4.78 is 7.12. The zero-order valence-electron chi connectivity index (χ0n) is 22.6. The van der Waals surface area contributed by atoms with Crippen molar-refractivity contribution in [3.05, 3.63) is 100 Å². The van der Waals surface area contributed by atoms with Crippen molar-refractivity contribution in [2.24, 2.45) is 18.5 Å². The highest BCUT2D eigenvalue weighted by molar-refractivity contribution is 5.99. The molecule has 0 spiro atoms. The maximum absolute atomic E-state index is 13.6. The largest absolute Gasteiger partial charge is 0.465 e. The summed E-state index contributed by atoms with van der Waals surface area (Å²) in [7, 11) is 1.95. The van der Waals surface area contributed by atoms with Crippen LogP contribution < -0.4 is 11.5 Å². The maximum Gasteiger partial charge on any atom is 0.325 e. The number of imidazole rings is 1. The monoisotopic (exact) mass is 539 g/mol. The number of fused-ring (bicyclic) bond motifs is 1. The fourth-order valence-electron chi connectivity index (χ4n) is 4.47. The Morgan fingerprint density at radius 1 is 0.875 bits per heavy atom. The second-order valence-corrected chi connectivity index (χ2v) is 9.48. The van der Waals surface area contributed by atoms with Crippen molar-refractivity contribution in [2.45, 2.75) is 26.3 Å². The van der Waals surface area contributed by atoms with Crippen molar-refractivity contribution in [2.75, 3.05) is 13.2 Å². The van der Waals surface area contributed by atoms with E-state index < -0.39 is 5.97 Å². The number of carbonyl (C=O) groups is 2. The van der Waals surface area contributed by atoms with Gasteiger partial charge in [0.05, 0.1) is 17.6 Å². The lowest BCUT2D eigenvalue weighted by atomic mass is 10.1. The maximum atomic E-state index is 13.6. The molecule has 6 N–H and O–H groups in total. The van der Waals surface area contributed by atoms with Gasteiger partial charge in [-0.1, -0.05) is 48.5 Å². The third-order valence-corrected chi connectivity index (χ3v) is 6.67. The molecular formula is C30H33N7O3. The van der Waals surface area contributed by atoms with E-state index in [1.54, 1.807) is 43.3 Å². The van der Waals surface area contributed by atoms with E-state index in [0.29, 0.717) is 28.6 Å². The van der Waals surface area contributed by atoms with E-state index in [9.17, 15) is 9.59 Å². The Morgan fingerprint density at radius 3 is 2.02 bits per heavy atom. The molecule has 0 aliphatic heterocycles. The second kappa shape index (κ2) is 12.2. The van der Waals surface area contributed by atoms with E-state index in [0.717, 1.165) is 28.9 Å². The van der Waals surface area contributed by atoms with Gasteiger partial charge >= 0.3 is 5.97 Å². The molecule has 40 heavy (non-hydrogen) atoms. The molecule has 1 aromatic heterocycles. The van der Waals surface area contributed by atoms with Crippen LogP contribution in [-0.4, -0.2) is 51.2 Å². The highest BCUT2D eigenvalue weighted by Gasteiger charge is 2.21. The molecule has 4 rings (SSSR count). The summed E-state index contributed by atoms with van der Waals surface area (Å²) in [5.41, 5.74) is 16.3. The quantitative estimate of drug-likeness (QED) is 0.130. The van der Waals surface area contributed by atoms with E-state index in [1.165, 1.54) is 4.90 Å². The number of aryl methyl sites for hydroxylation is 3. The van der Waals surface area contributed by atoms with Gasteiger partial charge in [0, 0.05) is 36.7 Å². The number of benzene rings is 3. The van der Waals surface area contributed by atoms with Gasteiger partial charge in [0.25, 0.3) is 5.91 Å². The van der Waals surface area contributed by atoms with E-state index in [-0.39, 0.29) is 37.3 Å². The first kappa shape index (κ1) is 28.0. The van der Waals surface area contributed by atoms with Crippen molar-refractivity contribution in [3.63, 3.8) is 0 Å². The highest BCUT2D eigenvalue weighted by atomic mass is 16.5. The number of aromatic nitrogens is 2. The van der Waals surface area contributed by atoms with E-state index in [4.69, 9.17) is 32.0 Å². The van der Waals surface area contributed by atoms with Gasteiger partial charge in [-0.2, -0.15) is 0 Å². The number of nitrogens with zero attached hydrogens (tertiary/aromatic N) is 3. The van der Waals surface area contributed by atoms with Crippen LogP contribution in [0.15, 0.2) is 66.7 Å². The summed E-state index contributed by atoms with van der Waals surface area (Å²) in [6.45, 7) is 1.93. The van der Waals surface area contributed by atoms with Crippen molar-refractivity contribution >= 4 is 34.6 Å². The molecule has 0 unspecified atom stereocenters. The van der Waals surface area contributed by atoms with Crippen molar-refractivity contribution in [1.82, 2.24) is 14.5 Å². The number of rotatable bonds is 11. The van der Waals surface area contributed by atoms with Gasteiger partial charge in [-0.05, 0) is 42.7 Å². The van der Waals surface area contributed by atoms with Gasteiger partial charge in [-0.3, -0.25) is 20.4 Å². The molecule has 0 saturated carbocycles. The van der Waals surface area contributed by atoms with Gasteiger partial charge in [0.1, 0.15) is 24.0 Å². The number of amides is 1. The number of nitrogen functional groups attached to an aromatic ring is 2. The SMILES string of the molecule is CCOC(=O)CN(Cc1ccc(C(=N)N)cc1)C(=O)c1ccc2c(c1)nc(CCc1ccc(C(=N)N)cc1)n2C. The van der Waals surface area contributed by atoms with Gasteiger partial charge in [-0.15, -0.1) is 0 Å². The molecule has 3 aromatic carbocycles. The molecule has 1 amide bonds. The Bertz CT molecular complexity index is 1560. The molecule has 1 heterocycles. The average molecular weight is 540 g/mol. The number of hydrogen-bond acceptors (Lipinski definition) is 6. The lowest BCUT2D eigenvalue weighted by molar-refractivity contribution is -0.143. The van der Waals surface area contributed by atoms with Crippen LogP contribution in [0.2, 0.25) is 0 Å². The number of carbonyl (C=O) groups excluding carboxylic acids is 2. The molecule has 0 aliphatic rings. The predicted molar refractivity (Wildman–Crippen MR) is 154 cm³/mol. The van der Waals surface area contributed by atoms with Crippen LogP contribution in [0, 0.1) is 10.8 Å². The molecule has 0 saturated heterocycles. The van der Waals surface area contributed by atoms with Gasteiger partial charge in [-0.25, -0.2) is 4.98 Å². The van der Waals surface area contributed by atoms with E-state index in [2.05, 4.69) is 0 Å². The molecule has 0 atom stereocenters. The fourth-order valence-corrected chi connectivity index (χ4v) is 4.47. The molecular weight excluding hydrogens is 506 g/mol. The highest BCUT2D eigenvalue weighted by Crippen LogP contribution is 2.20. The Labute approximate surface area is 232 Å². The van der Waals surface area contributed by atoms with Crippen LogP contribution in [0.25, 0.3) is 11.0 Å². The van der Waals surface area contributed by atoms with Crippen molar-refractivity contribution < 1.29 is 14.3 Å². The number of esters is 1. The Morgan fingerprint density at radius 2 is 1.45 bits per heavy atom. The number of nitrogens with one attached hydrogen (secondary N) is 2. The third-order valence-electron chi connectivity index (χ3n) is 6.67. The van der Waals surface area contributed by atoms with Gasteiger partial charge in [0.2, 0.25) is 0 Å². The molecule has 10 nitrogen and oxygen atoms in total. The van der Waals surface area contributed by atoms with Crippen molar-refractivity contribution in [1.29, 1.82) is 10.8 Å². The van der Waals surface area contributed by atoms with Crippen LogP contribution >= 0.6 is 0 Å². The summed E-state index contributed by atoms with van der Waals surface area (Å²) in [4.78, 5) is 32.2. The number of hydrogen-bond donors (Lipinski definition) is 4. The van der Waals surface area contributed by atoms with Crippen LogP contribution in [0.5, 0.6) is 0 Å². The zero-order valence-corrected chi connectivity index (χ0v) is 22.6.